The summed E-state index contributed by atoms with van der Waals surface area (Å²) in [5.74, 6) is -1.30. The lowest BCUT2D eigenvalue weighted by Gasteiger charge is -2.09. The summed E-state index contributed by atoms with van der Waals surface area (Å²) in [6.07, 6.45) is 0. The number of ether oxygens (including phenoxy) is 1. The fourth-order valence-corrected chi connectivity index (χ4v) is 4.24. The normalized spacial score (nSPS) is 10.9. The Morgan fingerprint density at radius 1 is 0.972 bits per heavy atom. The summed E-state index contributed by atoms with van der Waals surface area (Å²) < 4.78 is 10.2. The van der Waals surface area contributed by atoms with Gasteiger partial charge in [0.15, 0.2) is 6.61 Å². The predicted molar refractivity (Wildman–Crippen MR) is 132 cm³/mol. The van der Waals surface area contributed by atoms with Gasteiger partial charge in [-0.2, -0.15) is 0 Å². The molecular weight excluding hydrogens is 464 g/mol. The van der Waals surface area contributed by atoms with Gasteiger partial charge in [0.05, 0.1) is 21.9 Å². The second kappa shape index (κ2) is 9.49. The van der Waals surface area contributed by atoms with Crippen molar-refractivity contribution in [1.82, 2.24) is 13.9 Å². The second-order valence-corrected chi connectivity index (χ2v) is 8.34. The molecule has 0 saturated carbocycles. The summed E-state index contributed by atoms with van der Waals surface area (Å²) in [4.78, 5) is 49.1. The van der Waals surface area contributed by atoms with Gasteiger partial charge in [0.1, 0.15) is 5.69 Å². The Morgan fingerprint density at radius 3 is 2.33 bits per heavy atom. The van der Waals surface area contributed by atoms with E-state index in [-0.39, 0.29) is 16.8 Å². The van der Waals surface area contributed by atoms with Crippen LogP contribution in [0.5, 0.6) is 0 Å². The molecule has 0 aliphatic carbocycles. The molecule has 0 unspecified atom stereocenters. The lowest BCUT2D eigenvalue weighted by Crippen LogP contribution is -2.22. The molecule has 4 rings (SSSR count). The number of Topliss-reactive ketones (excluding diaryl/α,β-unsaturated/α-hetero) is 1. The minimum absolute atomic E-state index is 0.0242. The van der Waals surface area contributed by atoms with Crippen molar-refractivity contribution in [3.05, 3.63) is 109 Å². The van der Waals surface area contributed by atoms with E-state index in [0.29, 0.717) is 34.0 Å². The van der Waals surface area contributed by atoms with Crippen LogP contribution >= 0.6 is 0 Å². The first-order valence-corrected chi connectivity index (χ1v) is 11.1. The molecule has 10 heteroatoms. The zero-order valence-electron chi connectivity index (χ0n) is 20.2. The van der Waals surface area contributed by atoms with Gasteiger partial charge in [-0.3, -0.25) is 24.4 Å². The Morgan fingerprint density at radius 2 is 1.67 bits per heavy atom. The Hall–Kier alpha value is -4.73. The number of aryl methyl sites for hydroxylation is 1. The zero-order valence-corrected chi connectivity index (χ0v) is 20.2. The molecule has 0 aliphatic rings. The van der Waals surface area contributed by atoms with Crippen molar-refractivity contribution >= 4 is 17.4 Å². The summed E-state index contributed by atoms with van der Waals surface area (Å²) in [6, 6.07) is 16.0. The van der Waals surface area contributed by atoms with E-state index in [1.807, 2.05) is 37.3 Å². The largest absolute Gasteiger partial charge is 0.454 e. The molecule has 184 valence electrons. The summed E-state index contributed by atoms with van der Waals surface area (Å²) in [5.41, 5.74) is 2.86. The number of carbonyl (C=O) groups excluding carboxylic acids is 2. The first kappa shape index (κ1) is 24.4. The smallest absolute Gasteiger partial charge is 0.338 e. The van der Waals surface area contributed by atoms with Gasteiger partial charge < -0.3 is 9.30 Å². The van der Waals surface area contributed by atoms with Gasteiger partial charge in [0.2, 0.25) is 5.78 Å². The molecule has 2 aromatic heterocycles. The third-order valence-corrected chi connectivity index (χ3v) is 6.11. The Balaban J connectivity index is 1.62. The second-order valence-electron chi connectivity index (χ2n) is 8.34. The number of ketones is 1. The van der Waals surface area contributed by atoms with Crippen LogP contribution in [0, 0.1) is 30.9 Å². The number of hydrogen-bond donors (Lipinski definition) is 0. The molecule has 0 N–H and O–H groups in total. The molecule has 10 nitrogen and oxygen atoms in total. The van der Waals surface area contributed by atoms with Crippen LogP contribution in [0.3, 0.4) is 0 Å². The molecule has 0 bridgehead atoms. The molecule has 0 amide bonds. The van der Waals surface area contributed by atoms with E-state index in [1.54, 1.807) is 40.9 Å². The van der Waals surface area contributed by atoms with E-state index < -0.39 is 23.3 Å². The van der Waals surface area contributed by atoms with E-state index in [1.165, 1.54) is 18.2 Å². The molecule has 2 aromatic carbocycles. The number of rotatable bonds is 7. The maximum absolute atomic E-state index is 13.5. The van der Waals surface area contributed by atoms with Crippen LogP contribution in [0.1, 0.15) is 37.8 Å². The van der Waals surface area contributed by atoms with E-state index in [4.69, 9.17) is 4.74 Å². The molecule has 0 saturated heterocycles. The van der Waals surface area contributed by atoms with E-state index in [2.05, 4.69) is 0 Å². The van der Waals surface area contributed by atoms with Crippen molar-refractivity contribution in [3.8, 4) is 11.4 Å². The molecular formula is C26H24N4O6. The number of aromatic nitrogens is 3. The minimum Gasteiger partial charge on any atom is -0.454 e. The molecule has 36 heavy (non-hydrogen) atoms. The van der Waals surface area contributed by atoms with Gasteiger partial charge in [0.25, 0.3) is 11.2 Å². The standard InChI is InChI=1S/C26H24N4O6/c1-16-13-22(23(31)15-36-26(33)19-9-8-12-21(14-19)30(34)35)17(2)28(16)24-18(3)27(4)29(25(24)32)20-10-6-5-7-11-20/h5-14H,15H2,1-4H3. The van der Waals surface area contributed by atoms with Crippen molar-refractivity contribution < 1.29 is 19.2 Å². The van der Waals surface area contributed by atoms with Crippen LogP contribution in [0.4, 0.5) is 5.69 Å². The number of non-ortho nitro benzene ring substituents is 1. The molecule has 0 fully saturated rings. The van der Waals surface area contributed by atoms with Crippen LogP contribution in [0.25, 0.3) is 11.4 Å². The van der Waals surface area contributed by atoms with Gasteiger partial charge in [-0.1, -0.05) is 24.3 Å². The molecule has 0 radical (unpaired) electrons. The van der Waals surface area contributed by atoms with Crippen molar-refractivity contribution in [2.45, 2.75) is 20.8 Å². The van der Waals surface area contributed by atoms with E-state index >= 15 is 0 Å². The zero-order chi connectivity index (χ0) is 26.1. The highest BCUT2D eigenvalue weighted by Gasteiger charge is 2.24. The van der Waals surface area contributed by atoms with Gasteiger partial charge in [0, 0.05) is 36.1 Å². The van der Waals surface area contributed by atoms with E-state index in [9.17, 15) is 24.5 Å². The lowest BCUT2D eigenvalue weighted by atomic mass is 10.1. The summed E-state index contributed by atoms with van der Waals surface area (Å²) >= 11 is 0. The Bertz CT molecular complexity index is 1560. The summed E-state index contributed by atoms with van der Waals surface area (Å²) in [7, 11) is 1.79. The first-order chi connectivity index (χ1) is 17.1. The highest BCUT2D eigenvalue weighted by atomic mass is 16.6. The Kier molecular flexibility index (Phi) is 6.43. The SMILES string of the molecule is Cc1cc(C(=O)COC(=O)c2cccc([N+](=O)[O-])c2)c(C)n1-c1c(C)n(C)n(-c2ccccc2)c1=O. The maximum atomic E-state index is 13.5. The van der Waals surface area contributed by atoms with Crippen molar-refractivity contribution in [1.29, 1.82) is 0 Å². The topological polar surface area (TPSA) is 118 Å². The number of nitrogens with zero attached hydrogens (tertiary/aromatic N) is 4. The number of nitro benzene ring substituents is 1. The minimum atomic E-state index is -0.842. The van der Waals surface area contributed by atoms with Crippen LogP contribution in [-0.4, -0.2) is 37.2 Å². The quantitative estimate of drug-likeness (QED) is 0.169. The predicted octanol–water partition coefficient (Wildman–Crippen LogP) is 3.84. The monoisotopic (exact) mass is 488 g/mol. The fraction of sp³-hybridized carbons (Fsp3) is 0.192. The first-order valence-electron chi connectivity index (χ1n) is 11.1. The number of nitro groups is 1. The van der Waals surface area contributed by atoms with Crippen molar-refractivity contribution in [2.24, 2.45) is 7.05 Å². The van der Waals surface area contributed by atoms with Crippen LogP contribution in [0.2, 0.25) is 0 Å². The third kappa shape index (κ3) is 4.24. The fourth-order valence-electron chi connectivity index (χ4n) is 4.24. The third-order valence-electron chi connectivity index (χ3n) is 6.11. The van der Waals surface area contributed by atoms with Gasteiger partial charge in [-0.05, 0) is 45.0 Å². The average molecular weight is 489 g/mol. The van der Waals surface area contributed by atoms with Crippen LogP contribution in [-0.2, 0) is 11.8 Å². The maximum Gasteiger partial charge on any atom is 0.338 e. The highest BCUT2D eigenvalue weighted by Crippen LogP contribution is 2.23. The number of para-hydroxylation sites is 1. The molecule has 4 aromatic rings. The number of esters is 1. The molecule has 0 atom stereocenters. The molecule has 2 heterocycles. The lowest BCUT2D eigenvalue weighted by molar-refractivity contribution is -0.384. The average Bonchev–Trinajstić information content (AvgIpc) is 3.28. The van der Waals surface area contributed by atoms with Gasteiger partial charge in [-0.25, -0.2) is 9.48 Å². The molecule has 0 spiro atoms. The van der Waals surface area contributed by atoms with Gasteiger partial charge in [-0.15, -0.1) is 0 Å². The van der Waals surface area contributed by atoms with Crippen LogP contribution < -0.4 is 5.56 Å². The summed E-state index contributed by atoms with van der Waals surface area (Å²) in [6.45, 7) is 4.80. The number of benzene rings is 2. The van der Waals surface area contributed by atoms with Crippen molar-refractivity contribution in [3.63, 3.8) is 0 Å². The van der Waals surface area contributed by atoms with E-state index in [0.717, 1.165) is 6.07 Å². The number of carbonyl (C=O) groups is 2. The Labute approximate surface area is 206 Å². The number of hydrogen-bond acceptors (Lipinski definition) is 6. The van der Waals surface area contributed by atoms with Gasteiger partial charge >= 0.3 is 5.97 Å². The highest BCUT2D eigenvalue weighted by molar-refractivity contribution is 6.00. The summed E-state index contributed by atoms with van der Waals surface area (Å²) in [5, 5.41) is 10.9. The van der Waals surface area contributed by atoms with Crippen LogP contribution in [0.15, 0.2) is 65.5 Å². The van der Waals surface area contributed by atoms with Crippen molar-refractivity contribution in [2.75, 3.05) is 6.61 Å². The molecule has 0 aliphatic heterocycles.